The van der Waals surface area contributed by atoms with E-state index in [0.717, 1.165) is 11.3 Å². The Labute approximate surface area is 111 Å². The number of nitrogens with zero attached hydrogens (tertiary/aromatic N) is 3. The molecule has 2 rings (SSSR count). The number of primary amides is 1. The van der Waals surface area contributed by atoms with E-state index < -0.39 is 6.04 Å². The molecule has 0 aromatic carbocycles. The Kier molecular flexibility index (Phi) is 3.50. The summed E-state index contributed by atoms with van der Waals surface area (Å²) in [5.74, 6) is 0.117. The van der Waals surface area contributed by atoms with E-state index in [0.29, 0.717) is 5.82 Å². The summed E-state index contributed by atoms with van der Waals surface area (Å²) in [6.45, 7) is 3.89. The van der Waals surface area contributed by atoms with Gasteiger partial charge in [0.2, 0.25) is 5.91 Å². The lowest BCUT2D eigenvalue weighted by molar-refractivity contribution is -0.122. The molecule has 0 bridgehead atoms. The van der Waals surface area contributed by atoms with E-state index >= 15 is 0 Å². The van der Waals surface area contributed by atoms with Gasteiger partial charge in [-0.15, -0.1) is 0 Å². The van der Waals surface area contributed by atoms with Crippen LogP contribution in [0.1, 0.15) is 19.9 Å². The molecule has 1 atom stereocenters. The van der Waals surface area contributed by atoms with Crippen molar-refractivity contribution in [2.75, 3.05) is 5.73 Å². The molecule has 2 heterocycles. The minimum atomic E-state index is -0.438. The van der Waals surface area contributed by atoms with Crippen LogP contribution in [-0.4, -0.2) is 20.4 Å². The van der Waals surface area contributed by atoms with Crippen molar-refractivity contribution in [1.29, 1.82) is 0 Å². The summed E-state index contributed by atoms with van der Waals surface area (Å²) in [5.41, 5.74) is 12.8. The Hall–Kier alpha value is -2.37. The molecule has 6 heteroatoms. The zero-order valence-electron chi connectivity index (χ0n) is 10.9. The minimum Gasteiger partial charge on any atom is -0.384 e. The maximum absolute atomic E-state index is 11.6. The predicted molar refractivity (Wildman–Crippen MR) is 72.9 cm³/mol. The van der Waals surface area contributed by atoms with E-state index in [4.69, 9.17) is 11.5 Å². The maximum atomic E-state index is 11.6. The lowest BCUT2D eigenvalue weighted by Gasteiger charge is -2.21. The number of anilines is 1. The molecular weight excluding hydrogens is 242 g/mol. The molecule has 19 heavy (non-hydrogen) atoms. The van der Waals surface area contributed by atoms with Crippen molar-refractivity contribution in [3.63, 3.8) is 0 Å². The molecule has 0 saturated carbocycles. The summed E-state index contributed by atoms with van der Waals surface area (Å²) in [6, 6.07) is 3.13. The second kappa shape index (κ2) is 5.09. The number of pyridine rings is 1. The first-order valence-corrected chi connectivity index (χ1v) is 6.03. The van der Waals surface area contributed by atoms with Gasteiger partial charge in [-0.1, -0.05) is 13.8 Å². The average molecular weight is 259 g/mol. The molecule has 2 aromatic rings. The maximum Gasteiger partial charge on any atom is 0.240 e. The molecule has 1 unspecified atom stereocenters. The first kappa shape index (κ1) is 13.1. The monoisotopic (exact) mass is 259 g/mol. The topological polar surface area (TPSA) is 99.8 Å². The summed E-state index contributed by atoms with van der Waals surface area (Å²) < 4.78 is 1.78. The normalized spacial score (nSPS) is 12.6. The lowest BCUT2D eigenvalue weighted by Crippen LogP contribution is -2.30. The number of hydrogen-bond acceptors (Lipinski definition) is 4. The second-order valence-electron chi connectivity index (χ2n) is 4.75. The van der Waals surface area contributed by atoms with Gasteiger partial charge in [-0.3, -0.25) is 4.79 Å². The smallest absolute Gasteiger partial charge is 0.240 e. The number of aromatic nitrogens is 3. The van der Waals surface area contributed by atoms with Crippen molar-refractivity contribution < 1.29 is 4.79 Å². The van der Waals surface area contributed by atoms with Crippen LogP contribution in [-0.2, 0) is 4.79 Å². The van der Waals surface area contributed by atoms with Crippen LogP contribution < -0.4 is 11.5 Å². The third-order valence-electron chi connectivity index (χ3n) is 2.97. The molecule has 0 fully saturated rings. The Morgan fingerprint density at radius 2 is 2.16 bits per heavy atom. The molecule has 4 N–H and O–H groups in total. The standard InChI is InChI=1S/C13H17N5O/c1-8(2)12(13(15)19)18-7-16-6-10(18)9-3-4-17-11(14)5-9/h3-8,12H,1-2H3,(H2,14,17)(H2,15,19). The largest absolute Gasteiger partial charge is 0.384 e. The van der Waals surface area contributed by atoms with E-state index in [2.05, 4.69) is 9.97 Å². The molecule has 1 amide bonds. The summed E-state index contributed by atoms with van der Waals surface area (Å²) in [4.78, 5) is 19.7. The van der Waals surface area contributed by atoms with Crippen molar-refractivity contribution in [3.05, 3.63) is 30.9 Å². The molecule has 0 aliphatic carbocycles. The molecular formula is C13H17N5O. The van der Waals surface area contributed by atoms with E-state index in [-0.39, 0.29) is 11.8 Å². The number of imidazole rings is 1. The third kappa shape index (κ3) is 2.57. The van der Waals surface area contributed by atoms with Gasteiger partial charge in [0.15, 0.2) is 0 Å². The number of rotatable bonds is 4. The number of amides is 1. The number of hydrogen-bond donors (Lipinski definition) is 2. The van der Waals surface area contributed by atoms with Crippen LogP contribution in [0.3, 0.4) is 0 Å². The highest BCUT2D eigenvalue weighted by Gasteiger charge is 2.23. The van der Waals surface area contributed by atoms with E-state index in [1.54, 1.807) is 29.4 Å². The molecule has 0 aliphatic heterocycles. The van der Waals surface area contributed by atoms with Crippen LogP contribution in [0.2, 0.25) is 0 Å². The van der Waals surface area contributed by atoms with Gasteiger partial charge in [0.25, 0.3) is 0 Å². The fraction of sp³-hybridized carbons (Fsp3) is 0.308. The highest BCUT2D eigenvalue weighted by molar-refractivity contribution is 5.79. The summed E-state index contributed by atoms with van der Waals surface area (Å²) in [5, 5.41) is 0. The zero-order chi connectivity index (χ0) is 14.0. The first-order chi connectivity index (χ1) is 9.00. The van der Waals surface area contributed by atoms with Gasteiger partial charge in [-0.2, -0.15) is 0 Å². The van der Waals surface area contributed by atoms with Crippen molar-refractivity contribution in [3.8, 4) is 11.3 Å². The second-order valence-corrected chi connectivity index (χ2v) is 4.75. The zero-order valence-corrected chi connectivity index (χ0v) is 10.9. The van der Waals surface area contributed by atoms with Gasteiger partial charge in [0.05, 0.1) is 18.2 Å². The first-order valence-electron chi connectivity index (χ1n) is 6.03. The van der Waals surface area contributed by atoms with Crippen molar-refractivity contribution in [1.82, 2.24) is 14.5 Å². The quantitative estimate of drug-likeness (QED) is 0.861. The van der Waals surface area contributed by atoms with Gasteiger partial charge in [0, 0.05) is 11.8 Å². The van der Waals surface area contributed by atoms with Crippen LogP contribution in [0.15, 0.2) is 30.9 Å². The van der Waals surface area contributed by atoms with Crippen molar-refractivity contribution >= 4 is 11.7 Å². The fourth-order valence-electron chi connectivity index (χ4n) is 2.14. The summed E-state index contributed by atoms with van der Waals surface area (Å²) >= 11 is 0. The minimum absolute atomic E-state index is 0.0737. The molecule has 0 aliphatic rings. The van der Waals surface area contributed by atoms with Crippen LogP contribution in [0.5, 0.6) is 0 Å². The van der Waals surface area contributed by atoms with Gasteiger partial charge in [-0.25, -0.2) is 9.97 Å². The Balaban J connectivity index is 2.50. The third-order valence-corrected chi connectivity index (χ3v) is 2.97. The van der Waals surface area contributed by atoms with E-state index in [1.165, 1.54) is 0 Å². The van der Waals surface area contributed by atoms with Crippen molar-refractivity contribution in [2.45, 2.75) is 19.9 Å². The van der Waals surface area contributed by atoms with Crippen LogP contribution in [0.25, 0.3) is 11.3 Å². The van der Waals surface area contributed by atoms with Crippen LogP contribution in [0, 0.1) is 5.92 Å². The predicted octanol–water partition coefficient (Wildman–Crippen LogP) is 1.21. The van der Waals surface area contributed by atoms with Gasteiger partial charge in [0.1, 0.15) is 11.9 Å². The fourth-order valence-corrected chi connectivity index (χ4v) is 2.14. The van der Waals surface area contributed by atoms with E-state index in [1.807, 2.05) is 19.9 Å². The molecule has 6 nitrogen and oxygen atoms in total. The van der Waals surface area contributed by atoms with Crippen molar-refractivity contribution in [2.24, 2.45) is 11.7 Å². The van der Waals surface area contributed by atoms with Gasteiger partial charge < -0.3 is 16.0 Å². The molecule has 0 saturated heterocycles. The Bertz CT molecular complexity index is 590. The Morgan fingerprint density at radius 3 is 2.74 bits per heavy atom. The van der Waals surface area contributed by atoms with Crippen LogP contribution in [0.4, 0.5) is 5.82 Å². The Morgan fingerprint density at radius 1 is 1.42 bits per heavy atom. The highest BCUT2D eigenvalue weighted by atomic mass is 16.1. The molecule has 0 spiro atoms. The average Bonchev–Trinajstić information content (AvgIpc) is 2.77. The highest BCUT2D eigenvalue weighted by Crippen LogP contribution is 2.26. The number of carbonyl (C=O) groups is 1. The molecule has 100 valence electrons. The molecule has 2 aromatic heterocycles. The lowest BCUT2D eigenvalue weighted by atomic mass is 10.0. The number of carbonyl (C=O) groups excluding carboxylic acids is 1. The van der Waals surface area contributed by atoms with E-state index in [9.17, 15) is 4.79 Å². The van der Waals surface area contributed by atoms with Gasteiger partial charge in [-0.05, 0) is 18.1 Å². The SMILES string of the molecule is CC(C)C(C(N)=O)n1cncc1-c1ccnc(N)c1. The van der Waals surface area contributed by atoms with Crippen LogP contribution >= 0.6 is 0 Å². The molecule has 0 radical (unpaired) electrons. The van der Waals surface area contributed by atoms with Gasteiger partial charge >= 0.3 is 0 Å². The summed E-state index contributed by atoms with van der Waals surface area (Å²) in [6.07, 6.45) is 4.92. The summed E-state index contributed by atoms with van der Waals surface area (Å²) in [7, 11) is 0. The number of nitrogen functional groups attached to an aromatic ring is 1. The number of nitrogens with two attached hydrogens (primary N) is 2.